The molecule has 0 amide bonds. The average molecular weight is 631 g/mol. The topological polar surface area (TPSA) is 17.8 Å². The van der Waals surface area contributed by atoms with Crippen molar-refractivity contribution in [3.8, 4) is 16.9 Å². The highest BCUT2D eigenvalue weighted by Crippen LogP contribution is 2.42. The van der Waals surface area contributed by atoms with Crippen LogP contribution in [-0.4, -0.2) is 9.55 Å². The molecule has 3 heterocycles. The van der Waals surface area contributed by atoms with Gasteiger partial charge in [0, 0.05) is 32.4 Å². The number of hydrogen-bond donors (Lipinski definition) is 0. The van der Waals surface area contributed by atoms with Gasteiger partial charge < -0.3 is 0 Å². The van der Waals surface area contributed by atoms with Crippen molar-refractivity contribution in [3.05, 3.63) is 171 Å². The summed E-state index contributed by atoms with van der Waals surface area (Å²) >= 11 is 1.83. The first kappa shape index (κ1) is 28.2. The van der Waals surface area contributed by atoms with Gasteiger partial charge in [-0.2, -0.15) is 0 Å². The van der Waals surface area contributed by atoms with Crippen molar-refractivity contribution in [2.24, 2.45) is 0 Å². The van der Waals surface area contributed by atoms with Crippen LogP contribution in [0.1, 0.15) is 0 Å². The standard InChI is InChI=1S/C41H24N2S.C4H6/c1-2-11-29-27(9-1)28-10-3-4-12-30(28)35-23-25(17-19-31(29)35)26-18-20-39-36(24-26)34-21-22-42-41(40(34)44-39)43-37-15-7-5-13-32(37)33-14-6-8-16-38(33)43;1-3-4-2/h1-24H;3-4H,1-2H2. The predicted molar refractivity (Wildman–Crippen MR) is 210 cm³/mol. The second-order valence-electron chi connectivity index (χ2n) is 12.0. The number of thiophene rings is 1. The molecule has 0 N–H and O–H groups in total. The van der Waals surface area contributed by atoms with E-state index in [0.29, 0.717) is 0 Å². The van der Waals surface area contributed by atoms with Crippen molar-refractivity contribution in [1.29, 1.82) is 0 Å². The molecule has 0 bridgehead atoms. The van der Waals surface area contributed by atoms with Crippen molar-refractivity contribution in [2.75, 3.05) is 0 Å². The van der Waals surface area contributed by atoms with Gasteiger partial charge in [0.2, 0.25) is 0 Å². The maximum Gasteiger partial charge on any atom is 0.155 e. The SMILES string of the molecule is C=CC=C.c1ccc2c(c1)c1ccccc1c1cc(-c3ccc4sc5c(-n6c7ccccc7c7ccccc76)nccc5c4c3)ccc21. The van der Waals surface area contributed by atoms with E-state index in [1.807, 2.05) is 17.5 Å². The van der Waals surface area contributed by atoms with E-state index in [0.717, 1.165) is 5.82 Å². The van der Waals surface area contributed by atoms with Gasteiger partial charge in [-0.3, -0.25) is 4.57 Å². The molecule has 10 aromatic rings. The molecular weight excluding hydrogens is 601 g/mol. The third kappa shape index (κ3) is 4.29. The lowest BCUT2D eigenvalue weighted by Crippen LogP contribution is -1.96. The molecule has 0 radical (unpaired) electrons. The first-order valence-electron chi connectivity index (χ1n) is 16.1. The molecule has 226 valence electrons. The molecule has 0 atom stereocenters. The minimum absolute atomic E-state index is 0.992. The van der Waals surface area contributed by atoms with Crippen LogP contribution >= 0.6 is 11.3 Å². The maximum absolute atomic E-state index is 4.99. The van der Waals surface area contributed by atoms with Gasteiger partial charge >= 0.3 is 0 Å². The average Bonchev–Trinajstić information content (AvgIpc) is 3.70. The van der Waals surface area contributed by atoms with Crippen LogP contribution in [0.15, 0.2) is 171 Å². The van der Waals surface area contributed by atoms with Gasteiger partial charge in [0.15, 0.2) is 5.82 Å². The van der Waals surface area contributed by atoms with Crippen LogP contribution in [0.2, 0.25) is 0 Å². The fourth-order valence-corrected chi connectivity index (χ4v) is 8.42. The van der Waals surface area contributed by atoms with Crippen molar-refractivity contribution >= 4 is 85.6 Å². The lowest BCUT2D eigenvalue weighted by atomic mass is 9.92. The van der Waals surface area contributed by atoms with Gasteiger partial charge in [0.25, 0.3) is 0 Å². The number of pyridine rings is 1. The highest BCUT2D eigenvalue weighted by Gasteiger charge is 2.18. The third-order valence-corrected chi connectivity index (χ3v) is 10.6. The fraction of sp³-hybridized carbons (Fsp3) is 0. The molecule has 0 saturated heterocycles. The number of nitrogens with zero attached hydrogens (tertiary/aromatic N) is 2. The highest BCUT2D eigenvalue weighted by molar-refractivity contribution is 7.26. The number of fused-ring (bicyclic) bond motifs is 12. The first-order chi connectivity index (χ1) is 23.7. The van der Waals surface area contributed by atoms with Crippen LogP contribution in [0.4, 0.5) is 0 Å². The van der Waals surface area contributed by atoms with E-state index < -0.39 is 0 Å². The summed E-state index contributed by atoms with van der Waals surface area (Å²) < 4.78 is 4.82. The van der Waals surface area contributed by atoms with Gasteiger partial charge in [-0.1, -0.05) is 128 Å². The predicted octanol–water partition coefficient (Wildman–Crippen LogP) is 13.0. The summed E-state index contributed by atoms with van der Waals surface area (Å²) in [7, 11) is 0. The zero-order valence-electron chi connectivity index (χ0n) is 26.2. The monoisotopic (exact) mass is 630 g/mol. The summed E-state index contributed by atoms with van der Waals surface area (Å²) in [6, 6.07) is 50.9. The number of aromatic nitrogens is 2. The number of para-hydroxylation sites is 2. The molecule has 7 aromatic carbocycles. The number of benzene rings is 7. The second-order valence-corrected chi connectivity index (χ2v) is 13.1. The number of rotatable bonds is 3. The summed E-state index contributed by atoms with van der Waals surface area (Å²) in [6.45, 7) is 6.72. The zero-order chi connectivity index (χ0) is 32.2. The quantitative estimate of drug-likeness (QED) is 0.140. The molecule has 0 spiro atoms. The lowest BCUT2D eigenvalue weighted by molar-refractivity contribution is 1.11. The minimum Gasteiger partial charge on any atom is -0.293 e. The molecular formula is C45H30N2S. The van der Waals surface area contributed by atoms with Crippen molar-refractivity contribution in [2.45, 2.75) is 0 Å². The molecule has 48 heavy (non-hydrogen) atoms. The van der Waals surface area contributed by atoms with Crippen molar-refractivity contribution in [1.82, 2.24) is 9.55 Å². The molecule has 2 nitrogen and oxygen atoms in total. The molecule has 3 aromatic heterocycles. The Kier molecular flexibility index (Phi) is 6.67. The Morgan fingerprint density at radius 2 is 0.938 bits per heavy atom. The Morgan fingerprint density at radius 1 is 0.458 bits per heavy atom. The van der Waals surface area contributed by atoms with E-state index in [9.17, 15) is 0 Å². The van der Waals surface area contributed by atoms with Crippen molar-refractivity contribution < 1.29 is 0 Å². The van der Waals surface area contributed by atoms with Crippen LogP contribution < -0.4 is 0 Å². The molecule has 0 aliphatic carbocycles. The number of allylic oxidation sites excluding steroid dienone is 2. The second kappa shape index (κ2) is 11.3. The van der Waals surface area contributed by atoms with Crippen LogP contribution in [-0.2, 0) is 0 Å². The lowest BCUT2D eigenvalue weighted by Gasteiger charge is -2.12. The molecule has 0 aliphatic heterocycles. The Morgan fingerprint density at radius 3 is 1.52 bits per heavy atom. The summed E-state index contributed by atoms with van der Waals surface area (Å²) in [6.07, 6.45) is 5.24. The smallest absolute Gasteiger partial charge is 0.155 e. The summed E-state index contributed by atoms with van der Waals surface area (Å²) in [5.74, 6) is 0.992. The van der Waals surface area contributed by atoms with E-state index in [2.05, 4.69) is 157 Å². The van der Waals surface area contributed by atoms with Crippen LogP contribution in [0.3, 0.4) is 0 Å². The Hall–Kier alpha value is -6.03. The molecule has 0 unspecified atom stereocenters. The van der Waals surface area contributed by atoms with Crippen LogP contribution in [0.25, 0.3) is 91.2 Å². The number of hydrogen-bond acceptors (Lipinski definition) is 2. The van der Waals surface area contributed by atoms with Gasteiger partial charge in [0.05, 0.1) is 15.7 Å². The minimum atomic E-state index is 0.992. The van der Waals surface area contributed by atoms with Gasteiger partial charge in [-0.25, -0.2) is 4.98 Å². The van der Waals surface area contributed by atoms with E-state index in [4.69, 9.17) is 4.98 Å². The summed E-state index contributed by atoms with van der Waals surface area (Å²) in [5, 5.41) is 12.8. The first-order valence-corrected chi connectivity index (χ1v) is 16.9. The van der Waals surface area contributed by atoms with Gasteiger partial charge in [-0.05, 0) is 79.8 Å². The Bertz CT molecular complexity index is 2790. The third-order valence-electron chi connectivity index (χ3n) is 9.40. The Labute approximate surface area is 282 Å². The van der Waals surface area contributed by atoms with E-state index >= 15 is 0 Å². The fourth-order valence-electron chi connectivity index (χ4n) is 7.27. The van der Waals surface area contributed by atoms with Crippen LogP contribution in [0, 0.1) is 0 Å². The molecule has 3 heteroatoms. The summed E-state index contributed by atoms with van der Waals surface area (Å²) in [4.78, 5) is 4.99. The molecule has 10 rings (SSSR count). The molecule has 0 aliphatic rings. The maximum atomic E-state index is 4.99. The highest BCUT2D eigenvalue weighted by atomic mass is 32.1. The van der Waals surface area contributed by atoms with Gasteiger partial charge in [0.1, 0.15) is 0 Å². The normalized spacial score (nSPS) is 11.5. The van der Waals surface area contributed by atoms with E-state index in [1.54, 1.807) is 12.2 Å². The molecule has 0 fully saturated rings. The Balaban J connectivity index is 0.000000746. The zero-order valence-corrected chi connectivity index (χ0v) is 27.0. The van der Waals surface area contributed by atoms with Crippen molar-refractivity contribution in [3.63, 3.8) is 0 Å². The summed E-state index contributed by atoms with van der Waals surface area (Å²) in [5.41, 5.74) is 4.83. The van der Waals surface area contributed by atoms with Crippen LogP contribution in [0.5, 0.6) is 0 Å². The van der Waals surface area contributed by atoms with Gasteiger partial charge in [-0.15, -0.1) is 11.3 Å². The molecule has 0 saturated carbocycles. The van der Waals surface area contributed by atoms with E-state index in [1.165, 1.54) is 85.4 Å². The largest absolute Gasteiger partial charge is 0.293 e. The van der Waals surface area contributed by atoms with E-state index in [-0.39, 0.29) is 0 Å².